The Morgan fingerprint density at radius 1 is 1.50 bits per heavy atom. The molecule has 2 fully saturated rings. The van der Waals surface area contributed by atoms with Crippen molar-refractivity contribution in [2.45, 2.75) is 6.04 Å². The quantitative estimate of drug-likeness (QED) is 0.684. The van der Waals surface area contributed by atoms with Crippen LogP contribution in [-0.2, 0) is 0 Å². The molecule has 0 spiro atoms. The Labute approximate surface area is 74.6 Å². The summed E-state index contributed by atoms with van der Waals surface area (Å²) in [6.45, 7) is 2.34. The molecular formula is C7H10N4S. The topological polar surface area (TPSA) is 49.8 Å². The fourth-order valence-corrected chi connectivity index (χ4v) is 2.49. The van der Waals surface area contributed by atoms with Gasteiger partial charge in [-0.2, -0.15) is 4.37 Å². The average Bonchev–Trinajstić information content (AvgIpc) is 2.59. The van der Waals surface area contributed by atoms with Gasteiger partial charge < -0.3 is 10.6 Å². The van der Waals surface area contributed by atoms with Crippen LogP contribution in [0.3, 0.4) is 0 Å². The zero-order valence-corrected chi connectivity index (χ0v) is 7.34. The van der Waals surface area contributed by atoms with Crippen LogP contribution in [0, 0.1) is 11.8 Å². The maximum atomic E-state index is 4.10. The summed E-state index contributed by atoms with van der Waals surface area (Å²) < 4.78 is 3.95. The molecule has 3 rings (SSSR count). The summed E-state index contributed by atoms with van der Waals surface area (Å²) in [5, 5.41) is 7.73. The van der Waals surface area contributed by atoms with Crippen molar-refractivity contribution in [2.24, 2.45) is 11.8 Å². The van der Waals surface area contributed by atoms with E-state index in [0.29, 0.717) is 6.04 Å². The van der Waals surface area contributed by atoms with Crippen LogP contribution in [-0.4, -0.2) is 28.5 Å². The molecule has 1 saturated heterocycles. The monoisotopic (exact) mass is 182 g/mol. The minimum Gasteiger partial charge on any atom is -0.357 e. The third-order valence-electron chi connectivity index (χ3n) is 2.74. The van der Waals surface area contributed by atoms with E-state index in [1.807, 2.05) is 0 Å². The lowest BCUT2D eigenvalue weighted by Gasteiger charge is -2.03. The number of nitrogens with zero attached hydrogens (tertiary/aromatic N) is 2. The Kier molecular flexibility index (Phi) is 1.36. The molecule has 5 heteroatoms. The molecule has 0 bridgehead atoms. The number of anilines is 1. The second kappa shape index (κ2) is 2.40. The highest BCUT2D eigenvalue weighted by Crippen LogP contribution is 2.43. The number of fused-ring (bicyclic) bond motifs is 1. The SMILES string of the molecule is c1nsc(NC2C3CNCC32)n1. The second-order valence-corrected chi connectivity index (χ2v) is 4.18. The van der Waals surface area contributed by atoms with Crippen molar-refractivity contribution in [3.63, 3.8) is 0 Å². The summed E-state index contributed by atoms with van der Waals surface area (Å²) in [7, 11) is 0. The van der Waals surface area contributed by atoms with Crippen LogP contribution in [0.2, 0.25) is 0 Å². The van der Waals surface area contributed by atoms with Crippen molar-refractivity contribution in [1.29, 1.82) is 0 Å². The lowest BCUT2D eigenvalue weighted by atomic mass is 10.4. The number of piperidine rings is 1. The van der Waals surface area contributed by atoms with Crippen LogP contribution < -0.4 is 10.6 Å². The molecular weight excluding hydrogens is 172 g/mol. The van der Waals surface area contributed by atoms with Gasteiger partial charge in [0.1, 0.15) is 6.33 Å². The summed E-state index contributed by atoms with van der Waals surface area (Å²) in [6, 6.07) is 0.666. The van der Waals surface area contributed by atoms with Crippen LogP contribution in [0.15, 0.2) is 6.33 Å². The second-order valence-electron chi connectivity index (χ2n) is 3.40. The summed E-state index contributed by atoms with van der Waals surface area (Å²) in [6.07, 6.45) is 1.60. The molecule has 2 heterocycles. The van der Waals surface area contributed by atoms with Gasteiger partial charge in [-0.3, -0.25) is 0 Å². The minimum absolute atomic E-state index is 0.666. The first-order valence-corrected chi connectivity index (χ1v) is 4.96. The minimum atomic E-state index is 0.666. The molecule has 1 aromatic heterocycles. The van der Waals surface area contributed by atoms with Crippen LogP contribution in [0.1, 0.15) is 0 Å². The number of hydrogen-bond acceptors (Lipinski definition) is 5. The molecule has 64 valence electrons. The maximum Gasteiger partial charge on any atom is 0.202 e. The van der Waals surface area contributed by atoms with E-state index >= 15 is 0 Å². The molecule has 12 heavy (non-hydrogen) atoms. The van der Waals surface area contributed by atoms with Gasteiger partial charge in [-0.15, -0.1) is 0 Å². The number of aromatic nitrogens is 2. The Balaban J connectivity index is 1.65. The average molecular weight is 182 g/mol. The Bertz CT molecular complexity index is 263. The zero-order chi connectivity index (χ0) is 7.97. The number of hydrogen-bond donors (Lipinski definition) is 2. The highest BCUT2D eigenvalue weighted by atomic mass is 32.1. The number of rotatable bonds is 2. The van der Waals surface area contributed by atoms with Crippen LogP contribution in [0.25, 0.3) is 0 Å². The van der Waals surface area contributed by atoms with Gasteiger partial charge in [0, 0.05) is 30.7 Å². The third-order valence-corrected chi connectivity index (χ3v) is 3.34. The Morgan fingerprint density at radius 3 is 3.00 bits per heavy atom. The molecule has 2 aliphatic rings. The van der Waals surface area contributed by atoms with Crippen molar-refractivity contribution in [3.8, 4) is 0 Å². The highest BCUT2D eigenvalue weighted by molar-refractivity contribution is 7.09. The van der Waals surface area contributed by atoms with Crippen molar-refractivity contribution in [2.75, 3.05) is 18.4 Å². The molecule has 4 nitrogen and oxygen atoms in total. The van der Waals surface area contributed by atoms with E-state index in [0.717, 1.165) is 17.0 Å². The lowest BCUT2D eigenvalue weighted by molar-refractivity contribution is 0.696. The molecule has 1 aromatic rings. The summed E-state index contributed by atoms with van der Waals surface area (Å²) in [5.74, 6) is 1.68. The van der Waals surface area contributed by atoms with Gasteiger partial charge in [0.05, 0.1) is 0 Å². The van der Waals surface area contributed by atoms with E-state index in [9.17, 15) is 0 Å². The number of nitrogens with one attached hydrogen (secondary N) is 2. The Morgan fingerprint density at radius 2 is 2.33 bits per heavy atom. The van der Waals surface area contributed by atoms with Gasteiger partial charge in [0.15, 0.2) is 0 Å². The van der Waals surface area contributed by atoms with Gasteiger partial charge in [-0.05, 0) is 11.8 Å². The Hall–Kier alpha value is -0.680. The summed E-state index contributed by atoms with van der Waals surface area (Å²) in [4.78, 5) is 4.10. The predicted octanol–water partition coefficient (Wildman–Crippen LogP) is 0.168. The molecule has 0 amide bonds. The fourth-order valence-electron chi connectivity index (χ4n) is 2.01. The van der Waals surface area contributed by atoms with Crippen LogP contribution in [0.5, 0.6) is 0 Å². The lowest BCUT2D eigenvalue weighted by Crippen LogP contribution is -2.21. The van der Waals surface area contributed by atoms with Crippen molar-refractivity contribution in [1.82, 2.24) is 14.7 Å². The van der Waals surface area contributed by atoms with Gasteiger partial charge in [0.2, 0.25) is 5.13 Å². The van der Waals surface area contributed by atoms with Gasteiger partial charge >= 0.3 is 0 Å². The van der Waals surface area contributed by atoms with Crippen LogP contribution in [0.4, 0.5) is 5.13 Å². The fraction of sp³-hybridized carbons (Fsp3) is 0.714. The standard InChI is InChI=1S/C7H10N4S/c1-4-5(2-8-1)6(4)11-7-9-3-10-12-7/h3-6,8H,1-2H2,(H,9,10,11). The van der Waals surface area contributed by atoms with E-state index in [2.05, 4.69) is 20.0 Å². The molecule has 1 aliphatic heterocycles. The summed E-state index contributed by atoms with van der Waals surface area (Å²) >= 11 is 1.44. The van der Waals surface area contributed by atoms with Crippen LogP contribution >= 0.6 is 11.5 Å². The first kappa shape index (κ1) is 6.80. The zero-order valence-electron chi connectivity index (χ0n) is 6.53. The largest absolute Gasteiger partial charge is 0.357 e. The first-order chi connectivity index (χ1) is 5.95. The van der Waals surface area contributed by atoms with Gasteiger partial charge in [-0.1, -0.05) is 0 Å². The molecule has 2 unspecified atom stereocenters. The van der Waals surface area contributed by atoms with Crippen molar-refractivity contribution >= 4 is 16.7 Å². The molecule has 2 atom stereocenters. The van der Waals surface area contributed by atoms with E-state index < -0.39 is 0 Å². The smallest absolute Gasteiger partial charge is 0.202 e. The third kappa shape index (κ3) is 0.931. The molecule has 2 N–H and O–H groups in total. The van der Waals surface area contributed by atoms with Crippen molar-refractivity contribution < 1.29 is 0 Å². The normalized spacial score (nSPS) is 37.8. The molecule has 1 saturated carbocycles. The van der Waals surface area contributed by atoms with E-state index in [1.54, 1.807) is 6.33 Å². The molecule has 0 aromatic carbocycles. The van der Waals surface area contributed by atoms with E-state index in [1.165, 1.54) is 24.6 Å². The van der Waals surface area contributed by atoms with Crippen molar-refractivity contribution in [3.05, 3.63) is 6.33 Å². The highest BCUT2D eigenvalue weighted by Gasteiger charge is 2.53. The molecule has 1 aliphatic carbocycles. The molecule has 0 radical (unpaired) electrons. The first-order valence-electron chi connectivity index (χ1n) is 4.19. The maximum absolute atomic E-state index is 4.10. The van der Waals surface area contributed by atoms with Gasteiger partial charge in [0.25, 0.3) is 0 Å². The summed E-state index contributed by atoms with van der Waals surface area (Å²) in [5.41, 5.74) is 0. The predicted molar refractivity (Wildman–Crippen MR) is 47.2 cm³/mol. The van der Waals surface area contributed by atoms with E-state index in [-0.39, 0.29) is 0 Å². The van der Waals surface area contributed by atoms with E-state index in [4.69, 9.17) is 0 Å². The van der Waals surface area contributed by atoms with Gasteiger partial charge in [-0.25, -0.2) is 4.98 Å².